The fraction of sp³-hybridized carbons (Fsp3) is 0. The minimum absolute atomic E-state index is 0.624. The van der Waals surface area contributed by atoms with Crippen LogP contribution in [0.5, 0.6) is 0 Å². The van der Waals surface area contributed by atoms with Gasteiger partial charge in [-0.3, -0.25) is 0 Å². The lowest BCUT2D eigenvalue weighted by Crippen LogP contribution is -2.75. The summed E-state index contributed by atoms with van der Waals surface area (Å²) in [5.41, 5.74) is 6.35. The number of hydrogen-bond acceptors (Lipinski definition) is 0. The molecule has 0 saturated heterocycles. The molecule has 3 nitrogen and oxygen atoms in total. The Morgan fingerprint density at radius 1 is 0.458 bits per heavy atom. The Balaban J connectivity index is 1.46. The molecule has 8 rings (SSSR count). The van der Waals surface area contributed by atoms with E-state index >= 15 is 0 Å². The third kappa shape index (κ3) is 4.55. The Morgan fingerprint density at radius 3 is 1.67 bits per heavy atom. The maximum atomic E-state index is 8.41. The molecule has 0 saturated carbocycles. The summed E-state index contributed by atoms with van der Waals surface area (Å²) in [5.74, 6) is 0. The molecule has 0 fully saturated rings. The number of para-hydroxylation sites is 1. The van der Waals surface area contributed by atoms with Crippen LogP contribution in [0.15, 0.2) is 176 Å². The quantitative estimate of drug-likeness (QED) is 0.0993. The molecule has 0 bridgehead atoms. The standard InChI is InChI=1S/C44H29N3Si/c1-45-33-28-29-42-39(31-33)38-24-12-13-26-41(38)47(42)34-17-14-16-32(30-34)44-40(46-2)25-15-27-43(44)48(35-18-6-3-7-19-35,36-20-8-4-9-21-36)37-22-10-5-11-23-37/h3-31H. The largest absolute Gasteiger partial charge is 0.309 e. The number of nitrogens with zero attached hydrogens (tertiary/aromatic N) is 3. The highest BCUT2D eigenvalue weighted by atomic mass is 28.3. The van der Waals surface area contributed by atoms with Gasteiger partial charge in [-0.2, -0.15) is 0 Å². The predicted octanol–water partition coefficient (Wildman–Crippen LogP) is 8.93. The molecule has 0 aliphatic rings. The molecule has 0 amide bonds. The van der Waals surface area contributed by atoms with Crippen molar-refractivity contribution < 1.29 is 0 Å². The van der Waals surface area contributed by atoms with Crippen LogP contribution in [0.2, 0.25) is 0 Å². The SMILES string of the molecule is [C-]#[N+]c1ccc2c(c1)c1ccccc1n2-c1cccc(-c2c([N+]#[C-])cccc2[Si](c2ccccc2)(c2ccccc2)c2ccccc2)c1. The smallest absolute Gasteiger partial charge is 0.194 e. The lowest BCUT2D eigenvalue weighted by molar-refractivity contribution is 1.18. The number of rotatable bonds is 6. The number of benzene rings is 7. The van der Waals surface area contributed by atoms with Gasteiger partial charge in [0.2, 0.25) is 0 Å². The Morgan fingerprint density at radius 2 is 1.04 bits per heavy atom. The molecule has 0 spiro atoms. The zero-order valence-electron chi connectivity index (χ0n) is 26.1. The van der Waals surface area contributed by atoms with Crippen LogP contribution >= 0.6 is 0 Å². The van der Waals surface area contributed by atoms with Gasteiger partial charge in [0.05, 0.1) is 24.2 Å². The molecule has 7 aromatic carbocycles. The van der Waals surface area contributed by atoms with Crippen molar-refractivity contribution >= 4 is 62.0 Å². The molecular formula is C44H29N3Si. The van der Waals surface area contributed by atoms with Gasteiger partial charge in [-0.25, -0.2) is 9.69 Å². The highest BCUT2D eigenvalue weighted by Crippen LogP contribution is 2.37. The van der Waals surface area contributed by atoms with Crippen molar-refractivity contribution in [3.63, 3.8) is 0 Å². The summed E-state index contributed by atoms with van der Waals surface area (Å²) in [7, 11) is -2.93. The highest BCUT2D eigenvalue weighted by molar-refractivity contribution is 7.20. The lowest BCUT2D eigenvalue weighted by Gasteiger charge is -2.36. The fourth-order valence-electron chi connectivity index (χ4n) is 7.39. The molecule has 0 radical (unpaired) electrons. The van der Waals surface area contributed by atoms with Gasteiger partial charge in [0, 0.05) is 11.1 Å². The molecule has 0 aliphatic carbocycles. The lowest BCUT2D eigenvalue weighted by atomic mass is 10.0. The number of fused-ring (bicyclic) bond motifs is 3. The first-order chi connectivity index (χ1) is 23.7. The topological polar surface area (TPSA) is 13.6 Å². The molecule has 224 valence electrons. The summed E-state index contributed by atoms with van der Waals surface area (Å²) in [6.45, 7) is 16.0. The van der Waals surface area contributed by atoms with Crippen molar-refractivity contribution in [1.29, 1.82) is 0 Å². The Hall–Kier alpha value is -6.46. The van der Waals surface area contributed by atoms with Gasteiger partial charge in [0.15, 0.2) is 19.4 Å². The van der Waals surface area contributed by atoms with E-state index in [2.05, 4.69) is 160 Å². The van der Waals surface area contributed by atoms with E-state index in [4.69, 9.17) is 13.1 Å². The predicted molar refractivity (Wildman–Crippen MR) is 202 cm³/mol. The second kappa shape index (κ2) is 12.0. The Bertz CT molecular complexity index is 2430. The van der Waals surface area contributed by atoms with E-state index in [-0.39, 0.29) is 0 Å². The van der Waals surface area contributed by atoms with E-state index in [1.807, 2.05) is 30.3 Å². The van der Waals surface area contributed by atoms with Gasteiger partial charge in [-0.05, 0) is 67.6 Å². The first kappa shape index (κ1) is 29.0. The van der Waals surface area contributed by atoms with E-state index in [9.17, 15) is 0 Å². The first-order valence-electron chi connectivity index (χ1n) is 15.9. The van der Waals surface area contributed by atoms with Crippen LogP contribution in [0, 0.1) is 13.1 Å². The molecular weight excluding hydrogens is 599 g/mol. The molecule has 1 heterocycles. The molecule has 0 N–H and O–H groups in total. The summed E-state index contributed by atoms with van der Waals surface area (Å²) in [4.78, 5) is 7.86. The van der Waals surface area contributed by atoms with Gasteiger partial charge in [-0.15, -0.1) is 0 Å². The molecule has 8 aromatic rings. The van der Waals surface area contributed by atoms with Crippen LogP contribution in [-0.2, 0) is 0 Å². The van der Waals surface area contributed by atoms with E-state index in [1.165, 1.54) is 20.7 Å². The maximum Gasteiger partial charge on any atom is 0.194 e. The molecule has 0 atom stereocenters. The van der Waals surface area contributed by atoms with E-state index < -0.39 is 8.07 Å². The summed E-state index contributed by atoms with van der Waals surface area (Å²) in [6.07, 6.45) is 0. The first-order valence-corrected chi connectivity index (χ1v) is 17.9. The second-order valence-electron chi connectivity index (χ2n) is 11.9. The van der Waals surface area contributed by atoms with Crippen LogP contribution in [0.4, 0.5) is 11.4 Å². The summed E-state index contributed by atoms with van der Waals surface area (Å²) in [5, 5.41) is 7.13. The minimum Gasteiger partial charge on any atom is -0.309 e. The molecule has 0 unspecified atom stereocenters. The summed E-state index contributed by atoms with van der Waals surface area (Å²) < 4.78 is 2.28. The van der Waals surface area contributed by atoms with E-state index in [0.29, 0.717) is 11.4 Å². The van der Waals surface area contributed by atoms with Gasteiger partial charge >= 0.3 is 0 Å². The van der Waals surface area contributed by atoms with Gasteiger partial charge < -0.3 is 4.57 Å². The Kier molecular flexibility index (Phi) is 7.27. The molecule has 0 aliphatic heterocycles. The van der Waals surface area contributed by atoms with Crippen molar-refractivity contribution in [2.45, 2.75) is 0 Å². The molecule has 4 heteroatoms. The average Bonchev–Trinajstić information content (AvgIpc) is 3.50. The van der Waals surface area contributed by atoms with Crippen LogP contribution in [0.25, 0.3) is 48.3 Å². The zero-order valence-corrected chi connectivity index (χ0v) is 27.1. The zero-order chi connectivity index (χ0) is 32.5. The Labute approximate surface area is 281 Å². The second-order valence-corrected chi connectivity index (χ2v) is 15.6. The summed E-state index contributed by atoms with van der Waals surface area (Å²) in [6, 6.07) is 61.7. The van der Waals surface area contributed by atoms with Crippen LogP contribution < -0.4 is 20.7 Å². The third-order valence-electron chi connectivity index (χ3n) is 9.37. The van der Waals surface area contributed by atoms with E-state index in [1.54, 1.807) is 0 Å². The van der Waals surface area contributed by atoms with Crippen molar-refractivity contribution in [1.82, 2.24) is 4.57 Å². The number of hydrogen-bond donors (Lipinski definition) is 0. The minimum atomic E-state index is -2.93. The maximum absolute atomic E-state index is 8.41. The molecule has 48 heavy (non-hydrogen) atoms. The van der Waals surface area contributed by atoms with E-state index in [0.717, 1.165) is 38.6 Å². The molecule has 1 aromatic heterocycles. The third-order valence-corrected chi connectivity index (χ3v) is 14.2. The van der Waals surface area contributed by atoms with Gasteiger partial charge in [0.25, 0.3) is 0 Å². The van der Waals surface area contributed by atoms with Crippen LogP contribution in [0.3, 0.4) is 0 Å². The van der Waals surface area contributed by atoms with Gasteiger partial charge in [-0.1, -0.05) is 146 Å². The van der Waals surface area contributed by atoms with Crippen molar-refractivity contribution in [3.05, 3.63) is 199 Å². The highest BCUT2D eigenvalue weighted by Gasteiger charge is 2.43. The fourth-order valence-corrected chi connectivity index (χ4v) is 12.4. The van der Waals surface area contributed by atoms with Gasteiger partial charge in [0.1, 0.15) is 0 Å². The van der Waals surface area contributed by atoms with Crippen molar-refractivity contribution in [2.24, 2.45) is 0 Å². The number of aromatic nitrogens is 1. The summed E-state index contributed by atoms with van der Waals surface area (Å²) >= 11 is 0. The monoisotopic (exact) mass is 627 g/mol. The average molecular weight is 628 g/mol. The van der Waals surface area contributed by atoms with Crippen LogP contribution in [-0.4, -0.2) is 12.6 Å². The normalized spacial score (nSPS) is 11.3. The van der Waals surface area contributed by atoms with Crippen molar-refractivity contribution in [3.8, 4) is 16.8 Å². The van der Waals surface area contributed by atoms with Crippen molar-refractivity contribution in [2.75, 3.05) is 0 Å². The van der Waals surface area contributed by atoms with Crippen LogP contribution in [0.1, 0.15) is 0 Å².